The molecule has 0 fully saturated rings. The van der Waals surface area contributed by atoms with E-state index in [0.717, 1.165) is 12.1 Å². The van der Waals surface area contributed by atoms with Crippen LogP contribution in [0.5, 0.6) is 0 Å². The van der Waals surface area contributed by atoms with E-state index in [9.17, 15) is 13.6 Å². The van der Waals surface area contributed by atoms with Crippen LogP contribution in [-0.2, 0) is 4.79 Å². The van der Waals surface area contributed by atoms with Crippen LogP contribution in [0.2, 0.25) is 0 Å². The van der Waals surface area contributed by atoms with Crippen molar-refractivity contribution in [1.29, 1.82) is 5.26 Å². The number of nitrogens with zero attached hydrogens (tertiary/aromatic N) is 1. The molecule has 0 saturated carbocycles. The van der Waals surface area contributed by atoms with E-state index >= 15 is 0 Å². The van der Waals surface area contributed by atoms with Gasteiger partial charge >= 0.3 is 5.97 Å². The third kappa shape index (κ3) is 2.08. The van der Waals surface area contributed by atoms with Gasteiger partial charge in [0.05, 0.1) is 0 Å². The number of carbonyl (C=O) groups is 1. The van der Waals surface area contributed by atoms with Gasteiger partial charge in [0, 0.05) is 0 Å². The van der Waals surface area contributed by atoms with Crippen LogP contribution in [0.4, 0.5) is 8.78 Å². The lowest BCUT2D eigenvalue weighted by molar-refractivity contribution is -0.138. The first kappa shape index (κ1) is 11.1. The third-order valence-electron chi connectivity index (χ3n) is 1.80. The van der Waals surface area contributed by atoms with Gasteiger partial charge in [0.2, 0.25) is 0 Å². The molecular formula is C9H6F2N2O2. The summed E-state index contributed by atoms with van der Waals surface area (Å²) in [4.78, 5) is 10.4. The number of carboxylic acids is 1. The Morgan fingerprint density at radius 3 is 2.27 bits per heavy atom. The summed E-state index contributed by atoms with van der Waals surface area (Å²) in [6.45, 7) is 0. The van der Waals surface area contributed by atoms with Crippen LogP contribution in [-0.4, -0.2) is 11.1 Å². The number of nitrogens with two attached hydrogens (primary N) is 1. The van der Waals surface area contributed by atoms with E-state index in [0.29, 0.717) is 0 Å². The lowest BCUT2D eigenvalue weighted by Gasteiger charge is -2.07. The highest BCUT2D eigenvalue weighted by Gasteiger charge is 2.19. The molecule has 1 atom stereocenters. The molecule has 0 aliphatic rings. The Balaban J connectivity index is 3.27. The van der Waals surface area contributed by atoms with Gasteiger partial charge in [-0.3, -0.25) is 4.79 Å². The molecule has 1 rings (SSSR count). The number of carboxylic acid groups (broad SMARTS) is 1. The van der Waals surface area contributed by atoms with Crippen molar-refractivity contribution < 1.29 is 18.7 Å². The lowest BCUT2D eigenvalue weighted by atomic mass is 10.0. The topological polar surface area (TPSA) is 87.1 Å². The summed E-state index contributed by atoms with van der Waals surface area (Å²) < 4.78 is 26.0. The Kier molecular flexibility index (Phi) is 2.97. The molecule has 0 aliphatic heterocycles. The lowest BCUT2D eigenvalue weighted by Crippen LogP contribution is -2.21. The highest BCUT2D eigenvalue weighted by Crippen LogP contribution is 2.18. The summed E-state index contributed by atoms with van der Waals surface area (Å²) >= 11 is 0. The van der Waals surface area contributed by atoms with Gasteiger partial charge in [-0.2, -0.15) is 5.26 Å². The summed E-state index contributed by atoms with van der Waals surface area (Å²) in [5.41, 5.74) is 4.17. The van der Waals surface area contributed by atoms with Crippen LogP contribution in [0.25, 0.3) is 0 Å². The fraction of sp³-hybridized carbons (Fsp3) is 0.111. The molecule has 0 amide bonds. The van der Waals surface area contributed by atoms with Gasteiger partial charge in [-0.05, 0) is 17.7 Å². The van der Waals surface area contributed by atoms with Crippen molar-refractivity contribution in [3.8, 4) is 6.07 Å². The molecular weight excluding hydrogens is 206 g/mol. The summed E-state index contributed by atoms with van der Waals surface area (Å²) in [5.74, 6) is -3.65. The van der Waals surface area contributed by atoms with E-state index in [1.165, 1.54) is 6.07 Å². The molecule has 0 heterocycles. The van der Waals surface area contributed by atoms with Crippen molar-refractivity contribution in [3.63, 3.8) is 0 Å². The molecule has 0 spiro atoms. The molecule has 0 aromatic heterocycles. The van der Waals surface area contributed by atoms with E-state index in [2.05, 4.69) is 0 Å². The smallest absolute Gasteiger partial charge is 0.325 e. The Morgan fingerprint density at radius 1 is 1.47 bits per heavy atom. The quantitative estimate of drug-likeness (QED) is 0.763. The second-order valence-electron chi connectivity index (χ2n) is 2.79. The molecule has 0 bridgehead atoms. The maximum Gasteiger partial charge on any atom is 0.325 e. The predicted molar refractivity (Wildman–Crippen MR) is 45.6 cm³/mol. The second kappa shape index (κ2) is 4.02. The number of aliphatic carboxylic acids is 1. The first-order chi connectivity index (χ1) is 6.97. The minimum Gasteiger partial charge on any atom is -0.480 e. The zero-order valence-electron chi connectivity index (χ0n) is 7.37. The standard InChI is InChI=1S/C9H6F2N2O2/c10-6-1-4(8(13)9(14)15)2-7(11)5(6)3-12/h1-2,8H,13H2,(H,14,15)/t8-/m0/s1. The van der Waals surface area contributed by atoms with Crippen LogP contribution in [0, 0.1) is 23.0 Å². The molecule has 3 N–H and O–H groups in total. The van der Waals surface area contributed by atoms with E-state index < -0.39 is 29.2 Å². The number of rotatable bonds is 2. The number of halogens is 2. The summed E-state index contributed by atoms with van der Waals surface area (Å²) in [7, 11) is 0. The Hall–Kier alpha value is -2.00. The second-order valence-corrected chi connectivity index (χ2v) is 2.79. The van der Waals surface area contributed by atoms with Crippen LogP contribution >= 0.6 is 0 Å². The van der Waals surface area contributed by atoms with Crippen LogP contribution in [0.1, 0.15) is 17.2 Å². The largest absolute Gasteiger partial charge is 0.480 e. The van der Waals surface area contributed by atoms with Crippen molar-refractivity contribution in [1.82, 2.24) is 0 Å². The van der Waals surface area contributed by atoms with Gasteiger partial charge in [0.15, 0.2) is 0 Å². The minimum atomic E-state index is -1.51. The van der Waals surface area contributed by atoms with Gasteiger partial charge in [-0.1, -0.05) is 0 Å². The first-order valence-electron chi connectivity index (χ1n) is 3.84. The Morgan fingerprint density at radius 2 is 1.93 bits per heavy atom. The van der Waals surface area contributed by atoms with Crippen molar-refractivity contribution in [2.24, 2.45) is 5.73 Å². The molecule has 0 aliphatic carbocycles. The third-order valence-corrected chi connectivity index (χ3v) is 1.80. The van der Waals surface area contributed by atoms with Crippen molar-refractivity contribution >= 4 is 5.97 Å². The zero-order valence-corrected chi connectivity index (χ0v) is 7.37. The van der Waals surface area contributed by atoms with Gasteiger partial charge in [-0.25, -0.2) is 8.78 Å². The number of hydrogen-bond acceptors (Lipinski definition) is 3. The van der Waals surface area contributed by atoms with Crippen molar-refractivity contribution in [3.05, 3.63) is 34.9 Å². The average Bonchev–Trinajstić information content (AvgIpc) is 2.15. The zero-order chi connectivity index (χ0) is 11.6. The molecule has 0 saturated heterocycles. The minimum absolute atomic E-state index is 0.225. The predicted octanol–water partition coefficient (Wildman–Crippen LogP) is 0.921. The van der Waals surface area contributed by atoms with Gasteiger partial charge < -0.3 is 10.8 Å². The summed E-state index contributed by atoms with van der Waals surface area (Å²) in [5, 5.41) is 16.9. The van der Waals surface area contributed by atoms with Gasteiger partial charge in [0.1, 0.15) is 29.3 Å². The molecule has 4 nitrogen and oxygen atoms in total. The Labute approximate surface area is 83.5 Å². The maximum absolute atomic E-state index is 13.0. The van der Waals surface area contributed by atoms with E-state index in [1.807, 2.05) is 0 Å². The molecule has 6 heteroatoms. The fourth-order valence-corrected chi connectivity index (χ4v) is 1.02. The molecule has 0 unspecified atom stereocenters. The van der Waals surface area contributed by atoms with Crippen LogP contribution in [0.3, 0.4) is 0 Å². The number of nitriles is 1. The average molecular weight is 212 g/mol. The Bertz CT molecular complexity index is 431. The molecule has 78 valence electrons. The van der Waals surface area contributed by atoms with E-state index in [1.54, 1.807) is 0 Å². The SMILES string of the molecule is N#Cc1c(F)cc([C@H](N)C(=O)O)cc1F. The highest BCUT2D eigenvalue weighted by molar-refractivity contribution is 5.75. The van der Waals surface area contributed by atoms with Gasteiger partial charge in [-0.15, -0.1) is 0 Å². The molecule has 0 radical (unpaired) electrons. The molecule has 15 heavy (non-hydrogen) atoms. The molecule has 1 aromatic carbocycles. The number of hydrogen-bond donors (Lipinski definition) is 2. The van der Waals surface area contributed by atoms with Crippen LogP contribution < -0.4 is 5.73 Å². The fourth-order valence-electron chi connectivity index (χ4n) is 1.02. The van der Waals surface area contributed by atoms with Gasteiger partial charge in [0.25, 0.3) is 0 Å². The van der Waals surface area contributed by atoms with E-state index in [-0.39, 0.29) is 5.56 Å². The highest BCUT2D eigenvalue weighted by atomic mass is 19.1. The van der Waals surface area contributed by atoms with E-state index in [4.69, 9.17) is 16.1 Å². The number of benzene rings is 1. The monoisotopic (exact) mass is 212 g/mol. The maximum atomic E-state index is 13.0. The first-order valence-corrected chi connectivity index (χ1v) is 3.84. The molecule has 1 aromatic rings. The van der Waals surface area contributed by atoms with Crippen molar-refractivity contribution in [2.75, 3.05) is 0 Å². The normalized spacial score (nSPS) is 11.9. The summed E-state index contributed by atoms with van der Waals surface area (Å²) in [6, 6.07) is 1.28. The van der Waals surface area contributed by atoms with Crippen LogP contribution in [0.15, 0.2) is 12.1 Å². The summed E-state index contributed by atoms with van der Waals surface area (Å²) in [6.07, 6.45) is 0. The van der Waals surface area contributed by atoms with Crippen molar-refractivity contribution in [2.45, 2.75) is 6.04 Å².